The summed E-state index contributed by atoms with van der Waals surface area (Å²) in [5, 5.41) is 0. The summed E-state index contributed by atoms with van der Waals surface area (Å²) in [4.78, 5) is 45.1. The number of esters is 4. The van der Waals surface area contributed by atoms with Gasteiger partial charge in [0.25, 0.3) is 0 Å². The molecule has 1 heterocycles. The summed E-state index contributed by atoms with van der Waals surface area (Å²) in [5.41, 5.74) is 0. The molecule has 0 amide bonds. The summed E-state index contributed by atoms with van der Waals surface area (Å²) in [6, 6.07) is 0. The summed E-state index contributed by atoms with van der Waals surface area (Å²) in [6.45, 7) is 6.16. The van der Waals surface area contributed by atoms with Crippen LogP contribution in [-0.2, 0) is 42.9 Å². The number of rotatable bonds is 4. The first kappa shape index (κ1) is 18.9. The first-order chi connectivity index (χ1) is 10.6. The van der Waals surface area contributed by atoms with Crippen LogP contribution in [0.3, 0.4) is 0 Å². The predicted molar refractivity (Wildman–Crippen MR) is 72.8 cm³/mol. The van der Waals surface area contributed by atoms with Crippen molar-refractivity contribution in [3.63, 3.8) is 0 Å². The number of hydrogen-bond acceptors (Lipinski definition) is 9. The van der Waals surface area contributed by atoms with Gasteiger partial charge in [-0.1, -0.05) is 0 Å². The van der Waals surface area contributed by atoms with Gasteiger partial charge in [0.15, 0.2) is 12.2 Å². The third kappa shape index (κ3) is 5.51. The molecule has 0 radical (unpaired) electrons. The Balaban J connectivity index is 3.15. The highest BCUT2D eigenvalue weighted by molar-refractivity contribution is 5.69. The van der Waals surface area contributed by atoms with E-state index in [1.165, 1.54) is 6.92 Å². The van der Waals surface area contributed by atoms with Crippen LogP contribution in [0.5, 0.6) is 0 Å². The fourth-order valence-electron chi connectivity index (χ4n) is 2.23. The molecule has 130 valence electrons. The standard InChI is InChI=1S/C14H20O9/c1-6-11(20-7(2)15)12(21-8(3)16)13(22-9(4)17)14(19-6)23-10(5)18/h6,11-14H,1-5H3/t6-,11-,12-,13-,14-/m0/s1. The van der Waals surface area contributed by atoms with E-state index in [4.69, 9.17) is 23.7 Å². The molecule has 1 fully saturated rings. The summed E-state index contributed by atoms with van der Waals surface area (Å²) in [5.74, 6) is -2.69. The molecule has 0 aromatic rings. The monoisotopic (exact) mass is 332 g/mol. The quantitative estimate of drug-likeness (QED) is 0.521. The first-order valence-corrected chi connectivity index (χ1v) is 6.96. The molecule has 1 aliphatic heterocycles. The zero-order valence-electron chi connectivity index (χ0n) is 13.6. The maximum atomic E-state index is 11.4. The number of carbonyl (C=O) groups excluding carboxylic acids is 4. The van der Waals surface area contributed by atoms with Crippen LogP contribution in [0.15, 0.2) is 0 Å². The lowest BCUT2D eigenvalue weighted by molar-refractivity contribution is -0.292. The Morgan fingerprint density at radius 2 is 1.04 bits per heavy atom. The normalized spacial score (nSPS) is 30.0. The van der Waals surface area contributed by atoms with Gasteiger partial charge in [-0.2, -0.15) is 0 Å². The third-order valence-corrected chi connectivity index (χ3v) is 2.92. The zero-order chi connectivity index (χ0) is 17.7. The molecule has 1 rings (SSSR count). The van der Waals surface area contributed by atoms with Crippen molar-refractivity contribution in [2.75, 3.05) is 0 Å². The second-order valence-electron chi connectivity index (χ2n) is 5.04. The highest BCUT2D eigenvalue weighted by atomic mass is 16.7. The second kappa shape index (κ2) is 7.91. The van der Waals surface area contributed by atoms with Gasteiger partial charge < -0.3 is 23.7 Å². The van der Waals surface area contributed by atoms with Crippen molar-refractivity contribution < 1.29 is 42.9 Å². The Morgan fingerprint density at radius 3 is 1.48 bits per heavy atom. The van der Waals surface area contributed by atoms with Gasteiger partial charge >= 0.3 is 23.9 Å². The van der Waals surface area contributed by atoms with E-state index in [0.29, 0.717) is 0 Å². The highest BCUT2D eigenvalue weighted by Crippen LogP contribution is 2.29. The van der Waals surface area contributed by atoms with Gasteiger partial charge in [0.05, 0.1) is 6.10 Å². The summed E-state index contributed by atoms with van der Waals surface area (Å²) < 4.78 is 25.7. The molecule has 9 nitrogen and oxygen atoms in total. The van der Waals surface area contributed by atoms with Gasteiger partial charge in [-0.15, -0.1) is 0 Å². The second-order valence-corrected chi connectivity index (χ2v) is 5.04. The zero-order valence-corrected chi connectivity index (χ0v) is 13.6. The Bertz CT molecular complexity index is 487. The van der Waals surface area contributed by atoms with Crippen LogP contribution in [0.25, 0.3) is 0 Å². The summed E-state index contributed by atoms with van der Waals surface area (Å²) in [6.07, 6.45) is -5.51. The van der Waals surface area contributed by atoms with E-state index in [-0.39, 0.29) is 0 Å². The Labute approximate surface area is 133 Å². The fourth-order valence-corrected chi connectivity index (χ4v) is 2.23. The third-order valence-electron chi connectivity index (χ3n) is 2.92. The average Bonchev–Trinajstić information content (AvgIpc) is 2.36. The molecular weight excluding hydrogens is 312 g/mol. The average molecular weight is 332 g/mol. The van der Waals surface area contributed by atoms with Crippen LogP contribution in [0, 0.1) is 0 Å². The SMILES string of the molecule is CC(=O)O[C@@H]1O[C@@H](C)[C@H](OC(C)=O)[C@H](OC(C)=O)[C@@H]1OC(C)=O. The smallest absolute Gasteiger partial charge is 0.305 e. The van der Waals surface area contributed by atoms with E-state index >= 15 is 0 Å². The molecule has 0 aliphatic carbocycles. The number of carbonyl (C=O) groups is 4. The van der Waals surface area contributed by atoms with Crippen LogP contribution in [0.2, 0.25) is 0 Å². The lowest BCUT2D eigenvalue weighted by Crippen LogP contribution is -2.61. The molecule has 5 atom stereocenters. The van der Waals surface area contributed by atoms with Gasteiger partial charge in [-0.3, -0.25) is 19.2 Å². The van der Waals surface area contributed by atoms with Gasteiger partial charge in [0.2, 0.25) is 12.4 Å². The molecule has 0 aromatic heterocycles. The van der Waals surface area contributed by atoms with E-state index in [9.17, 15) is 19.2 Å². The van der Waals surface area contributed by atoms with Crippen molar-refractivity contribution in [3.05, 3.63) is 0 Å². The molecule has 0 spiro atoms. The Hall–Kier alpha value is -2.16. The molecule has 0 unspecified atom stereocenters. The van der Waals surface area contributed by atoms with Gasteiger partial charge in [0, 0.05) is 27.7 Å². The van der Waals surface area contributed by atoms with Crippen molar-refractivity contribution in [2.45, 2.75) is 65.3 Å². The van der Waals surface area contributed by atoms with Gasteiger partial charge in [0.1, 0.15) is 0 Å². The highest BCUT2D eigenvalue weighted by Gasteiger charge is 2.51. The molecule has 1 saturated heterocycles. The lowest BCUT2D eigenvalue weighted by atomic mass is 9.99. The van der Waals surface area contributed by atoms with Crippen molar-refractivity contribution in [2.24, 2.45) is 0 Å². The van der Waals surface area contributed by atoms with Gasteiger partial charge in [-0.25, -0.2) is 0 Å². The maximum Gasteiger partial charge on any atom is 0.305 e. The van der Waals surface area contributed by atoms with E-state index in [0.717, 1.165) is 20.8 Å². The number of hydrogen-bond donors (Lipinski definition) is 0. The van der Waals surface area contributed by atoms with E-state index in [2.05, 4.69) is 0 Å². The Morgan fingerprint density at radius 1 is 0.652 bits per heavy atom. The van der Waals surface area contributed by atoms with Crippen LogP contribution < -0.4 is 0 Å². The van der Waals surface area contributed by atoms with Crippen LogP contribution in [0.4, 0.5) is 0 Å². The molecule has 0 bridgehead atoms. The Kier molecular flexibility index (Phi) is 6.49. The van der Waals surface area contributed by atoms with E-state index in [1.807, 2.05) is 0 Å². The van der Waals surface area contributed by atoms with Crippen LogP contribution in [0.1, 0.15) is 34.6 Å². The van der Waals surface area contributed by atoms with Crippen LogP contribution >= 0.6 is 0 Å². The molecule has 0 aromatic carbocycles. The first-order valence-electron chi connectivity index (χ1n) is 6.96. The van der Waals surface area contributed by atoms with E-state index < -0.39 is 54.6 Å². The summed E-state index contributed by atoms with van der Waals surface area (Å²) >= 11 is 0. The van der Waals surface area contributed by atoms with Gasteiger partial charge in [-0.05, 0) is 6.92 Å². The van der Waals surface area contributed by atoms with Crippen molar-refractivity contribution >= 4 is 23.9 Å². The lowest BCUT2D eigenvalue weighted by Gasteiger charge is -2.42. The molecular formula is C14H20O9. The van der Waals surface area contributed by atoms with Crippen LogP contribution in [-0.4, -0.2) is 54.6 Å². The summed E-state index contributed by atoms with van der Waals surface area (Å²) in [7, 11) is 0. The van der Waals surface area contributed by atoms with E-state index in [1.54, 1.807) is 6.92 Å². The largest absolute Gasteiger partial charge is 0.456 e. The predicted octanol–water partition coefficient (Wildman–Crippen LogP) is 0.0894. The molecule has 9 heteroatoms. The minimum atomic E-state index is -1.29. The van der Waals surface area contributed by atoms with Crippen molar-refractivity contribution in [1.29, 1.82) is 0 Å². The topological polar surface area (TPSA) is 114 Å². The van der Waals surface area contributed by atoms with Crippen molar-refractivity contribution in [3.8, 4) is 0 Å². The minimum absolute atomic E-state index is 0.630. The molecule has 0 N–H and O–H groups in total. The fraction of sp³-hybridized carbons (Fsp3) is 0.714. The molecule has 1 aliphatic rings. The van der Waals surface area contributed by atoms with Crippen molar-refractivity contribution in [1.82, 2.24) is 0 Å². The molecule has 23 heavy (non-hydrogen) atoms. The minimum Gasteiger partial charge on any atom is -0.456 e. The molecule has 0 saturated carbocycles. The number of ether oxygens (including phenoxy) is 5. The maximum absolute atomic E-state index is 11.4.